The van der Waals surface area contributed by atoms with Crippen LogP contribution in [0.5, 0.6) is 23.0 Å². The van der Waals surface area contributed by atoms with Gasteiger partial charge >= 0.3 is 12.1 Å². The van der Waals surface area contributed by atoms with Gasteiger partial charge < -0.3 is 19.3 Å². The van der Waals surface area contributed by atoms with Crippen molar-refractivity contribution in [2.45, 2.75) is 37.4 Å². The van der Waals surface area contributed by atoms with Gasteiger partial charge in [0.2, 0.25) is 0 Å². The van der Waals surface area contributed by atoms with Gasteiger partial charge in [-0.2, -0.15) is 13.2 Å². The third-order valence-corrected chi connectivity index (χ3v) is 5.96. The fraction of sp³-hybridized carbons (Fsp3) is 0.269. The molecule has 0 saturated carbocycles. The van der Waals surface area contributed by atoms with Gasteiger partial charge in [0, 0.05) is 10.6 Å². The number of carbonyl (C=O) groups is 1. The Kier molecular flexibility index (Phi) is 9.08. The number of aliphatic carboxylic acids is 1. The lowest BCUT2D eigenvalue weighted by molar-refractivity contribution is -0.139. The predicted molar refractivity (Wildman–Crippen MR) is 128 cm³/mol. The average molecular weight is 525 g/mol. The summed E-state index contributed by atoms with van der Waals surface area (Å²) in [6.07, 6.45) is -4.32. The van der Waals surface area contributed by atoms with Crippen LogP contribution in [0.1, 0.15) is 24.5 Å². The number of halogens is 4. The third-order valence-electron chi connectivity index (χ3n) is 4.93. The molecule has 1 atom stereocenters. The van der Waals surface area contributed by atoms with E-state index < -0.39 is 30.1 Å². The van der Waals surface area contributed by atoms with E-state index in [1.807, 2.05) is 19.1 Å². The summed E-state index contributed by atoms with van der Waals surface area (Å²) in [5.41, 5.74) is -0.0841. The van der Waals surface area contributed by atoms with Crippen molar-refractivity contribution in [3.8, 4) is 23.0 Å². The molecule has 5 nitrogen and oxygen atoms in total. The van der Waals surface area contributed by atoms with Gasteiger partial charge in [-0.1, -0.05) is 0 Å². The molecule has 0 amide bonds. The number of carboxylic acids is 1. The fourth-order valence-corrected chi connectivity index (χ4v) is 4.23. The summed E-state index contributed by atoms with van der Waals surface area (Å²) >= 11 is 1.55. The Bertz CT molecular complexity index is 1180. The lowest BCUT2D eigenvalue weighted by atomic mass is 10.2. The van der Waals surface area contributed by atoms with Crippen LogP contribution in [0.4, 0.5) is 17.6 Å². The molecule has 0 radical (unpaired) electrons. The number of carboxylic acid groups (broad SMARTS) is 1. The van der Waals surface area contributed by atoms with Crippen molar-refractivity contribution in [3.05, 3.63) is 77.6 Å². The quantitative estimate of drug-likeness (QED) is 0.209. The van der Waals surface area contributed by atoms with Gasteiger partial charge in [0.25, 0.3) is 0 Å². The lowest BCUT2D eigenvalue weighted by Gasteiger charge is -2.19. The van der Waals surface area contributed by atoms with Gasteiger partial charge in [0.1, 0.15) is 17.3 Å². The summed E-state index contributed by atoms with van der Waals surface area (Å²) in [6.45, 7) is 3.20. The van der Waals surface area contributed by atoms with Crippen LogP contribution in [0.3, 0.4) is 0 Å². The molecule has 3 aromatic rings. The Hall–Kier alpha value is -3.40. The van der Waals surface area contributed by atoms with E-state index in [1.54, 1.807) is 24.8 Å². The van der Waals surface area contributed by atoms with Crippen molar-refractivity contribution in [2.75, 3.05) is 12.4 Å². The van der Waals surface area contributed by atoms with Gasteiger partial charge in [-0.05, 0) is 86.5 Å². The number of rotatable bonds is 11. The molecule has 3 aromatic carbocycles. The number of ether oxygens (including phenoxy) is 3. The summed E-state index contributed by atoms with van der Waals surface area (Å²) in [5.74, 6) is -0.203. The maximum absolute atomic E-state index is 13.2. The highest BCUT2D eigenvalue weighted by atomic mass is 32.2. The smallest absolute Gasteiger partial charge is 0.416 e. The van der Waals surface area contributed by atoms with Crippen LogP contribution in [0.25, 0.3) is 0 Å². The van der Waals surface area contributed by atoms with Crippen LogP contribution in [-0.2, 0) is 11.0 Å². The van der Waals surface area contributed by atoms with E-state index in [0.29, 0.717) is 17.9 Å². The minimum absolute atomic E-state index is 0.122. The first kappa shape index (κ1) is 27.2. The number of benzene rings is 3. The van der Waals surface area contributed by atoms with Crippen LogP contribution in [0.15, 0.2) is 65.6 Å². The van der Waals surface area contributed by atoms with Crippen LogP contribution in [0.2, 0.25) is 0 Å². The second kappa shape index (κ2) is 12.0. The monoisotopic (exact) mass is 524 g/mol. The fourth-order valence-electron chi connectivity index (χ4n) is 3.12. The van der Waals surface area contributed by atoms with E-state index in [9.17, 15) is 22.4 Å². The molecule has 0 saturated heterocycles. The standard InChI is InChI=1S/C26H24F4O5S/c1-16-13-21(8-10-22(16)33-15-25(31)32)36-12-11-17(2)34-23-9-3-18(26(28,29)30)14-24(23)35-20-6-4-19(27)5-7-20/h3-10,13-14,17H,11-12,15H2,1-2H3,(H,31,32)/t17-/m1/s1. The van der Waals surface area contributed by atoms with E-state index in [-0.39, 0.29) is 23.4 Å². The lowest BCUT2D eigenvalue weighted by Crippen LogP contribution is -2.14. The zero-order valence-corrected chi connectivity index (χ0v) is 20.3. The van der Waals surface area contributed by atoms with Crippen molar-refractivity contribution in [1.29, 1.82) is 0 Å². The molecule has 0 aliphatic heterocycles. The van der Waals surface area contributed by atoms with E-state index in [1.165, 1.54) is 18.2 Å². The molecule has 0 heterocycles. The summed E-state index contributed by atoms with van der Waals surface area (Å²) in [5, 5.41) is 8.73. The number of thioether (sulfide) groups is 1. The van der Waals surface area contributed by atoms with Gasteiger partial charge in [-0.3, -0.25) is 0 Å². The minimum atomic E-state index is -4.56. The molecular formula is C26H24F4O5S. The molecule has 1 N–H and O–H groups in total. The molecule has 0 aliphatic rings. The van der Waals surface area contributed by atoms with E-state index in [4.69, 9.17) is 19.3 Å². The Morgan fingerprint density at radius 3 is 2.33 bits per heavy atom. The highest BCUT2D eigenvalue weighted by molar-refractivity contribution is 7.99. The zero-order valence-electron chi connectivity index (χ0n) is 19.5. The molecular weight excluding hydrogens is 500 g/mol. The van der Waals surface area contributed by atoms with Crippen LogP contribution >= 0.6 is 11.8 Å². The second-order valence-corrected chi connectivity index (χ2v) is 9.06. The Labute approximate surface area is 210 Å². The van der Waals surface area contributed by atoms with Crippen LogP contribution in [-0.4, -0.2) is 29.5 Å². The highest BCUT2D eigenvalue weighted by Crippen LogP contribution is 2.39. The van der Waals surface area contributed by atoms with E-state index in [2.05, 4.69) is 0 Å². The maximum Gasteiger partial charge on any atom is 0.416 e. The minimum Gasteiger partial charge on any atom is -0.487 e. The summed E-state index contributed by atoms with van der Waals surface area (Å²) < 4.78 is 69.6. The molecule has 0 aromatic heterocycles. The van der Waals surface area contributed by atoms with E-state index in [0.717, 1.165) is 34.7 Å². The summed E-state index contributed by atoms with van der Waals surface area (Å²) in [6, 6.07) is 13.3. The van der Waals surface area contributed by atoms with Crippen molar-refractivity contribution >= 4 is 17.7 Å². The first-order valence-electron chi connectivity index (χ1n) is 10.9. The third kappa shape index (κ3) is 8.08. The number of aryl methyl sites for hydroxylation is 1. The number of alkyl halides is 3. The van der Waals surface area contributed by atoms with Crippen LogP contribution < -0.4 is 14.2 Å². The Balaban J connectivity index is 1.63. The number of hydrogen-bond donors (Lipinski definition) is 1. The summed E-state index contributed by atoms with van der Waals surface area (Å²) in [7, 11) is 0. The van der Waals surface area contributed by atoms with Gasteiger partial charge in [-0.25, -0.2) is 9.18 Å². The molecule has 10 heteroatoms. The van der Waals surface area contributed by atoms with Gasteiger partial charge in [-0.15, -0.1) is 11.8 Å². The number of hydrogen-bond acceptors (Lipinski definition) is 5. The first-order valence-corrected chi connectivity index (χ1v) is 11.9. The SMILES string of the molecule is Cc1cc(SCC[C@@H](C)Oc2ccc(C(F)(F)F)cc2Oc2ccc(F)cc2)ccc1OCC(=O)O. The summed E-state index contributed by atoms with van der Waals surface area (Å²) in [4.78, 5) is 11.6. The molecule has 0 fully saturated rings. The molecule has 192 valence electrons. The molecule has 3 rings (SSSR count). The average Bonchev–Trinajstić information content (AvgIpc) is 2.80. The van der Waals surface area contributed by atoms with Crippen molar-refractivity contribution < 1.29 is 41.7 Å². The van der Waals surface area contributed by atoms with Crippen LogP contribution in [0, 0.1) is 12.7 Å². The molecule has 0 aliphatic carbocycles. The van der Waals surface area contributed by atoms with Crippen molar-refractivity contribution in [1.82, 2.24) is 0 Å². The van der Waals surface area contributed by atoms with E-state index >= 15 is 0 Å². The Morgan fingerprint density at radius 1 is 1.00 bits per heavy atom. The normalized spacial score (nSPS) is 12.2. The van der Waals surface area contributed by atoms with Gasteiger partial charge in [0.15, 0.2) is 18.1 Å². The maximum atomic E-state index is 13.2. The zero-order chi connectivity index (χ0) is 26.3. The molecule has 0 unspecified atom stereocenters. The predicted octanol–water partition coefficient (Wildman–Crippen LogP) is 7.36. The topological polar surface area (TPSA) is 65.0 Å². The van der Waals surface area contributed by atoms with Crippen molar-refractivity contribution in [2.24, 2.45) is 0 Å². The molecule has 0 spiro atoms. The van der Waals surface area contributed by atoms with Gasteiger partial charge in [0.05, 0.1) is 11.7 Å². The molecule has 0 bridgehead atoms. The second-order valence-electron chi connectivity index (χ2n) is 7.89. The largest absolute Gasteiger partial charge is 0.487 e. The first-order chi connectivity index (χ1) is 17.0. The molecule has 36 heavy (non-hydrogen) atoms. The highest BCUT2D eigenvalue weighted by Gasteiger charge is 2.31. The Morgan fingerprint density at radius 2 is 1.69 bits per heavy atom. The van der Waals surface area contributed by atoms with Crippen molar-refractivity contribution in [3.63, 3.8) is 0 Å².